The lowest BCUT2D eigenvalue weighted by molar-refractivity contribution is -0.119. The van der Waals surface area contributed by atoms with Gasteiger partial charge in [-0.05, 0) is 43.4 Å². The molecular weight excluding hydrogens is 392 g/mol. The number of amides is 3. The molecule has 0 spiro atoms. The van der Waals surface area contributed by atoms with Gasteiger partial charge in [0.05, 0.1) is 31.6 Å². The number of anilines is 2. The number of thioether (sulfide) groups is 1. The number of nitrogens with two attached hydrogens (primary N) is 1. The number of nitrogens with zero attached hydrogens (tertiary/aromatic N) is 1. The topological polar surface area (TPSA) is 114 Å². The zero-order valence-corrected chi connectivity index (χ0v) is 17.1. The van der Waals surface area contributed by atoms with Gasteiger partial charge in [0, 0.05) is 10.6 Å². The summed E-state index contributed by atoms with van der Waals surface area (Å²) >= 11 is 1.25. The van der Waals surface area contributed by atoms with Gasteiger partial charge >= 0.3 is 0 Å². The van der Waals surface area contributed by atoms with Crippen molar-refractivity contribution in [3.63, 3.8) is 0 Å². The summed E-state index contributed by atoms with van der Waals surface area (Å²) in [6.07, 6.45) is 0. The molecule has 2 rings (SSSR count). The Morgan fingerprint density at radius 2 is 1.62 bits per heavy atom. The smallest absolute Gasteiger partial charge is 0.238 e. The van der Waals surface area contributed by atoms with E-state index in [-0.39, 0.29) is 30.7 Å². The van der Waals surface area contributed by atoms with E-state index in [0.717, 1.165) is 4.90 Å². The molecule has 0 aromatic heterocycles. The Morgan fingerprint density at radius 3 is 2.24 bits per heavy atom. The summed E-state index contributed by atoms with van der Waals surface area (Å²) in [5.74, 6) is -0.109. The number of carbonyl (C=O) groups is 3. The van der Waals surface area contributed by atoms with E-state index in [0.29, 0.717) is 17.1 Å². The molecule has 0 fully saturated rings. The molecule has 0 aliphatic heterocycles. The molecule has 154 valence electrons. The van der Waals surface area contributed by atoms with Crippen molar-refractivity contribution < 1.29 is 19.1 Å². The van der Waals surface area contributed by atoms with E-state index >= 15 is 0 Å². The average molecular weight is 417 g/mol. The number of rotatable bonds is 10. The van der Waals surface area contributed by atoms with E-state index in [9.17, 15) is 14.4 Å². The highest BCUT2D eigenvalue weighted by Gasteiger charge is 2.13. The molecule has 0 saturated carbocycles. The number of ether oxygens (including phenoxy) is 1. The van der Waals surface area contributed by atoms with Gasteiger partial charge in [-0.25, -0.2) is 0 Å². The highest BCUT2D eigenvalue weighted by Crippen LogP contribution is 2.26. The van der Waals surface area contributed by atoms with Gasteiger partial charge in [0.1, 0.15) is 5.75 Å². The first-order chi connectivity index (χ1) is 13.9. The summed E-state index contributed by atoms with van der Waals surface area (Å²) in [6, 6.07) is 14.1. The molecule has 0 radical (unpaired) electrons. The first kappa shape index (κ1) is 22.3. The number of hydrogen-bond donors (Lipinski definition) is 3. The van der Waals surface area contributed by atoms with Crippen LogP contribution in [0.5, 0.6) is 5.75 Å². The summed E-state index contributed by atoms with van der Waals surface area (Å²) in [7, 11) is 3.25. The van der Waals surface area contributed by atoms with Crippen LogP contribution >= 0.6 is 11.8 Å². The largest absolute Gasteiger partial charge is 0.497 e. The van der Waals surface area contributed by atoms with E-state index in [2.05, 4.69) is 10.6 Å². The predicted octanol–water partition coefficient (Wildman–Crippen LogP) is 1.78. The van der Waals surface area contributed by atoms with Crippen LogP contribution in [0.4, 0.5) is 11.4 Å². The first-order valence-corrected chi connectivity index (χ1v) is 9.78. The average Bonchev–Trinajstić information content (AvgIpc) is 2.67. The van der Waals surface area contributed by atoms with E-state index in [1.54, 1.807) is 61.5 Å². The van der Waals surface area contributed by atoms with E-state index in [1.807, 2.05) is 6.07 Å². The number of primary amides is 1. The van der Waals surface area contributed by atoms with Gasteiger partial charge in [-0.1, -0.05) is 12.1 Å². The van der Waals surface area contributed by atoms with Crippen LogP contribution in [-0.2, 0) is 14.4 Å². The standard InChI is InChI=1S/C20H24N4O4S/c1-24(11-19(26)22-14-7-9-15(28-2)10-8-14)12-20(27)23-16-5-3-4-6-17(16)29-13-18(21)25/h3-10H,11-13H2,1-2H3,(H2,21,25)(H,22,26)(H,23,27). The van der Waals surface area contributed by atoms with Crippen LogP contribution in [0.25, 0.3) is 0 Å². The molecule has 0 saturated heterocycles. The van der Waals surface area contributed by atoms with Crippen LogP contribution in [0, 0.1) is 0 Å². The third kappa shape index (κ3) is 7.84. The Kier molecular flexibility index (Phi) is 8.50. The second-order valence-corrected chi connectivity index (χ2v) is 7.27. The van der Waals surface area contributed by atoms with Crippen LogP contribution in [0.2, 0.25) is 0 Å². The molecule has 0 atom stereocenters. The molecule has 9 heteroatoms. The Morgan fingerprint density at radius 1 is 1.00 bits per heavy atom. The predicted molar refractivity (Wildman–Crippen MR) is 114 cm³/mol. The maximum atomic E-state index is 12.3. The van der Waals surface area contributed by atoms with Crippen LogP contribution in [0.3, 0.4) is 0 Å². The summed E-state index contributed by atoms with van der Waals surface area (Å²) in [6.45, 7) is 0.0857. The minimum absolute atomic E-state index is 0.0326. The van der Waals surface area contributed by atoms with E-state index in [4.69, 9.17) is 10.5 Å². The normalized spacial score (nSPS) is 10.4. The van der Waals surface area contributed by atoms with Gasteiger partial charge in [-0.15, -0.1) is 11.8 Å². The summed E-state index contributed by atoms with van der Waals surface area (Å²) in [5.41, 5.74) is 6.42. The van der Waals surface area contributed by atoms with E-state index < -0.39 is 5.91 Å². The van der Waals surface area contributed by atoms with Crippen molar-refractivity contribution in [2.75, 3.05) is 43.6 Å². The zero-order chi connectivity index (χ0) is 21.2. The summed E-state index contributed by atoms with van der Waals surface area (Å²) in [4.78, 5) is 37.8. The maximum absolute atomic E-state index is 12.3. The Hall–Kier alpha value is -3.04. The molecule has 8 nitrogen and oxygen atoms in total. The van der Waals surface area contributed by atoms with Gasteiger partial charge in [0.25, 0.3) is 0 Å². The molecular formula is C20H24N4O4S. The molecule has 4 N–H and O–H groups in total. The molecule has 29 heavy (non-hydrogen) atoms. The lowest BCUT2D eigenvalue weighted by Crippen LogP contribution is -2.36. The fourth-order valence-corrected chi connectivity index (χ4v) is 3.20. The number of methoxy groups -OCH3 is 1. The van der Waals surface area contributed by atoms with Crippen LogP contribution in [-0.4, -0.2) is 55.6 Å². The molecule has 3 amide bonds. The highest BCUT2D eigenvalue weighted by molar-refractivity contribution is 8.00. The van der Waals surface area contributed by atoms with Crippen LogP contribution in [0.15, 0.2) is 53.4 Å². The second-order valence-electron chi connectivity index (χ2n) is 6.25. The maximum Gasteiger partial charge on any atom is 0.238 e. The van der Waals surface area contributed by atoms with Crippen molar-refractivity contribution in [3.8, 4) is 5.75 Å². The third-order valence-corrected chi connectivity index (χ3v) is 4.83. The van der Waals surface area contributed by atoms with E-state index in [1.165, 1.54) is 11.8 Å². The summed E-state index contributed by atoms with van der Waals surface area (Å²) < 4.78 is 5.08. The zero-order valence-electron chi connectivity index (χ0n) is 16.3. The molecule has 2 aromatic rings. The van der Waals surface area contributed by atoms with Crippen LogP contribution in [0.1, 0.15) is 0 Å². The minimum atomic E-state index is -0.432. The van der Waals surface area contributed by atoms with Gasteiger partial charge in [-0.2, -0.15) is 0 Å². The number of hydrogen-bond acceptors (Lipinski definition) is 6. The fourth-order valence-electron chi connectivity index (χ4n) is 2.46. The summed E-state index contributed by atoms with van der Waals surface area (Å²) in [5, 5.41) is 5.57. The molecule has 2 aromatic carbocycles. The lowest BCUT2D eigenvalue weighted by atomic mass is 10.3. The van der Waals surface area contributed by atoms with Gasteiger partial charge in [0.2, 0.25) is 17.7 Å². The second kappa shape index (κ2) is 11.1. The van der Waals surface area contributed by atoms with Gasteiger partial charge in [-0.3, -0.25) is 19.3 Å². The van der Waals surface area contributed by atoms with Crippen molar-refractivity contribution >= 4 is 40.9 Å². The number of nitrogens with one attached hydrogen (secondary N) is 2. The number of benzene rings is 2. The molecule has 0 aliphatic rings. The fraction of sp³-hybridized carbons (Fsp3) is 0.250. The van der Waals surface area contributed by atoms with Crippen molar-refractivity contribution in [2.24, 2.45) is 5.73 Å². The van der Waals surface area contributed by atoms with Crippen LogP contribution < -0.4 is 21.1 Å². The van der Waals surface area contributed by atoms with Crippen molar-refractivity contribution in [3.05, 3.63) is 48.5 Å². The lowest BCUT2D eigenvalue weighted by Gasteiger charge is -2.17. The highest BCUT2D eigenvalue weighted by atomic mass is 32.2. The quantitative estimate of drug-likeness (QED) is 0.509. The Bertz CT molecular complexity index is 858. The van der Waals surface area contributed by atoms with Gasteiger partial charge in [0.15, 0.2) is 0 Å². The third-order valence-electron chi connectivity index (χ3n) is 3.73. The van der Waals surface area contributed by atoms with Crippen molar-refractivity contribution in [2.45, 2.75) is 4.90 Å². The molecule has 0 aliphatic carbocycles. The Labute approximate surface area is 173 Å². The van der Waals surface area contributed by atoms with Crippen molar-refractivity contribution in [1.82, 2.24) is 4.90 Å². The molecule has 0 unspecified atom stereocenters. The molecule has 0 heterocycles. The Balaban J connectivity index is 1.84. The first-order valence-electron chi connectivity index (χ1n) is 8.80. The number of likely N-dealkylation sites (N-methyl/N-ethyl adjacent to an activating group) is 1. The SMILES string of the molecule is COc1ccc(NC(=O)CN(C)CC(=O)Nc2ccccc2SCC(N)=O)cc1. The van der Waals surface area contributed by atoms with Crippen molar-refractivity contribution in [1.29, 1.82) is 0 Å². The molecule has 0 bridgehead atoms. The number of carbonyl (C=O) groups excluding carboxylic acids is 3. The monoisotopic (exact) mass is 416 g/mol. The number of para-hydroxylation sites is 1. The minimum Gasteiger partial charge on any atom is -0.497 e. The van der Waals surface area contributed by atoms with Gasteiger partial charge < -0.3 is 21.1 Å².